The van der Waals surface area contributed by atoms with Gasteiger partial charge in [0.15, 0.2) is 0 Å². The monoisotopic (exact) mass is 718 g/mol. The van der Waals surface area contributed by atoms with Crippen molar-refractivity contribution in [1.29, 1.82) is 0 Å². The highest BCUT2D eigenvalue weighted by atomic mass is 16.2. The molecule has 0 radical (unpaired) electrons. The lowest BCUT2D eigenvalue weighted by Crippen LogP contribution is -2.46. The summed E-state index contributed by atoms with van der Waals surface area (Å²) in [5, 5.41) is 6.29. The number of carbonyl (C=O) groups is 2. The highest BCUT2D eigenvalue weighted by Gasteiger charge is 2.13. The number of rotatable bonds is 39. The van der Waals surface area contributed by atoms with Crippen molar-refractivity contribution in [2.75, 3.05) is 60.4 Å². The van der Waals surface area contributed by atoms with Crippen LogP contribution >= 0.6 is 0 Å². The van der Waals surface area contributed by atoms with E-state index in [-0.39, 0.29) is 11.8 Å². The van der Waals surface area contributed by atoms with Crippen molar-refractivity contribution in [1.82, 2.24) is 15.5 Å². The van der Waals surface area contributed by atoms with Gasteiger partial charge in [0.2, 0.25) is 11.8 Å². The SMILES string of the molecule is CCCCCCCC/C=C/CCCCCCCC(=O)NCCN(CCNC(=O)CCCCCCC/C=C/CCCCCCCC)CC[N+](C)(C)C. The zero-order valence-corrected chi connectivity index (χ0v) is 35.1. The minimum absolute atomic E-state index is 0.174. The Hall–Kier alpha value is -1.66. The molecule has 0 spiro atoms. The molecule has 51 heavy (non-hydrogen) atoms. The van der Waals surface area contributed by atoms with Crippen LogP contribution in [0.2, 0.25) is 0 Å². The topological polar surface area (TPSA) is 61.4 Å². The molecule has 0 aromatic rings. The summed E-state index contributed by atoms with van der Waals surface area (Å²) in [6, 6.07) is 0. The molecule has 0 heterocycles. The third-order valence-corrected chi connectivity index (χ3v) is 9.92. The summed E-state index contributed by atoms with van der Waals surface area (Å²) in [4.78, 5) is 27.3. The Labute approximate surface area is 319 Å². The molecule has 0 atom stereocenters. The highest BCUT2D eigenvalue weighted by molar-refractivity contribution is 5.76. The Kier molecular flexibility index (Phi) is 36.8. The largest absolute Gasteiger partial charge is 0.355 e. The van der Waals surface area contributed by atoms with Crippen molar-refractivity contribution in [3.63, 3.8) is 0 Å². The van der Waals surface area contributed by atoms with Gasteiger partial charge in [-0.1, -0.05) is 141 Å². The van der Waals surface area contributed by atoms with Gasteiger partial charge in [0.25, 0.3) is 0 Å². The van der Waals surface area contributed by atoms with Crippen LogP contribution in [0.3, 0.4) is 0 Å². The van der Waals surface area contributed by atoms with Gasteiger partial charge in [-0.2, -0.15) is 0 Å². The standard InChI is InChI=1S/C45H88N4O2/c1-6-8-10-12-14-16-18-20-22-24-26-28-30-32-34-36-44(50)46-38-40-48(42-43-49(3,4)5)41-39-47-45(51)37-35-33-31-29-27-25-23-21-19-17-15-13-11-9-7-2/h20-23H,6-19,24-43H2,1-5H3,(H-,46,47,50,51)/p+1/b22-20+,23-21+. The molecule has 6 nitrogen and oxygen atoms in total. The number of amides is 2. The molecule has 6 heteroatoms. The van der Waals surface area contributed by atoms with E-state index in [0.29, 0.717) is 25.9 Å². The van der Waals surface area contributed by atoms with E-state index in [2.05, 4.69) is 74.8 Å². The van der Waals surface area contributed by atoms with E-state index >= 15 is 0 Å². The summed E-state index contributed by atoms with van der Waals surface area (Å²) >= 11 is 0. The van der Waals surface area contributed by atoms with Crippen molar-refractivity contribution >= 4 is 11.8 Å². The van der Waals surface area contributed by atoms with Crippen LogP contribution < -0.4 is 10.6 Å². The van der Waals surface area contributed by atoms with Crippen molar-refractivity contribution in [3.8, 4) is 0 Å². The van der Waals surface area contributed by atoms with Crippen molar-refractivity contribution in [3.05, 3.63) is 24.3 Å². The zero-order valence-electron chi connectivity index (χ0n) is 35.1. The number of unbranched alkanes of at least 4 members (excludes halogenated alkanes) is 22. The quantitative estimate of drug-likeness (QED) is 0.0378. The predicted molar refractivity (Wildman–Crippen MR) is 224 cm³/mol. The maximum absolute atomic E-state index is 12.5. The smallest absolute Gasteiger partial charge is 0.220 e. The Bertz CT molecular complexity index is 762. The minimum atomic E-state index is 0.174. The van der Waals surface area contributed by atoms with Crippen LogP contribution in [0.15, 0.2) is 24.3 Å². The van der Waals surface area contributed by atoms with Gasteiger partial charge in [-0.15, -0.1) is 0 Å². The van der Waals surface area contributed by atoms with Gasteiger partial charge < -0.3 is 15.1 Å². The average molecular weight is 718 g/mol. The molecule has 0 saturated heterocycles. The Morgan fingerprint density at radius 2 is 0.765 bits per heavy atom. The molecule has 0 aliphatic rings. The van der Waals surface area contributed by atoms with Gasteiger partial charge in [0.1, 0.15) is 0 Å². The van der Waals surface area contributed by atoms with Crippen LogP contribution in [0.4, 0.5) is 0 Å². The Morgan fingerprint density at radius 3 is 1.10 bits per heavy atom. The molecule has 0 aliphatic heterocycles. The van der Waals surface area contributed by atoms with Crippen LogP contribution in [0.5, 0.6) is 0 Å². The summed E-state index contributed by atoms with van der Waals surface area (Å²) in [7, 11) is 6.64. The van der Waals surface area contributed by atoms with Gasteiger partial charge in [-0.25, -0.2) is 0 Å². The normalized spacial score (nSPS) is 12.1. The van der Waals surface area contributed by atoms with E-state index in [4.69, 9.17) is 0 Å². The second-order valence-electron chi connectivity index (χ2n) is 16.2. The fraction of sp³-hybridized carbons (Fsp3) is 0.867. The molecular weight excluding hydrogens is 629 g/mol. The number of carbonyl (C=O) groups excluding carboxylic acids is 2. The van der Waals surface area contributed by atoms with E-state index in [1.165, 1.54) is 141 Å². The van der Waals surface area contributed by atoms with Crippen LogP contribution in [0.1, 0.15) is 194 Å². The fourth-order valence-electron chi connectivity index (χ4n) is 6.37. The zero-order chi connectivity index (χ0) is 37.5. The van der Waals surface area contributed by atoms with Gasteiger partial charge in [0, 0.05) is 45.6 Å². The molecule has 0 aromatic heterocycles. The van der Waals surface area contributed by atoms with Gasteiger partial charge in [0.05, 0.1) is 27.7 Å². The first-order valence-electron chi connectivity index (χ1n) is 22.1. The van der Waals surface area contributed by atoms with Gasteiger partial charge in [-0.05, 0) is 64.2 Å². The van der Waals surface area contributed by atoms with Gasteiger partial charge in [-0.3, -0.25) is 14.5 Å². The second-order valence-corrected chi connectivity index (χ2v) is 16.2. The van der Waals surface area contributed by atoms with Crippen molar-refractivity contribution < 1.29 is 14.1 Å². The number of nitrogens with zero attached hydrogens (tertiary/aromatic N) is 2. The lowest BCUT2D eigenvalue weighted by Gasteiger charge is -2.29. The molecule has 300 valence electrons. The molecule has 0 fully saturated rings. The lowest BCUT2D eigenvalue weighted by molar-refractivity contribution is -0.869. The number of nitrogens with one attached hydrogen (secondary N) is 2. The number of hydrogen-bond acceptors (Lipinski definition) is 3. The molecule has 0 unspecified atom stereocenters. The Balaban J connectivity index is 3.90. The van der Waals surface area contributed by atoms with Gasteiger partial charge >= 0.3 is 0 Å². The molecule has 0 bridgehead atoms. The third-order valence-electron chi connectivity index (χ3n) is 9.92. The fourth-order valence-corrected chi connectivity index (χ4v) is 6.37. The van der Waals surface area contributed by atoms with Crippen molar-refractivity contribution in [2.45, 2.75) is 194 Å². The molecular formula is C45H89N4O2+. The van der Waals surface area contributed by atoms with Crippen molar-refractivity contribution in [2.24, 2.45) is 0 Å². The molecule has 0 aromatic carbocycles. The van der Waals surface area contributed by atoms with Crippen LogP contribution in [-0.2, 0) is 9.59 Å². The summed E-state index contributed by atoms with van der Waals surface area (Å²) < 4.78 is 0.903. The Morgan fingerprint density at radius 1 is 0.451 bits per heavy atom. The first kappa shape index (κ1) is 49.3. The molecule has 2 N–H and O–H groups in total. The van der Waals surface area contributed by atoms with Crippen LogP contribution in [-0.4, -0.2) is 81.6 Å². The lowest BCUT2D eigenvalue weighted by atomic mass is 10.1. The summed E-state index contributed by atoms with van der Waals surface area (Å²) in [6.07, 6.45) is 43.8. The molecule has 0 saturated carbocycles. The first-order valence-corrected chi connectivity index (χ1v) is 22.1. The summed E-state index contributed by atoms with van der Waals surface area (Å²) in [6.45, 7) is 9.52. The summed E-state index contributed by atoms with van der Waals surface area (Å²) in [5.74, 6) is 0.347. The summed E-state index contributed by atoms with van der Waals surface area (Å²) in [5.41, 5.74) is 0. The van der Waals surface area contributed by atoms with Crippen LogP contribution in [0.25, 0.3) is 0 Å². The third kappa shape index (κ3) is 41.0. The van der Waals surface area contributed by atoms with E-state index in [1.54, 1.807) is 0 Å². The van der Waals surface area contributed by atoms with E-state index < -0.39 is 0 Å². The number of quaternary nitrogens is 1. The number of likely N-dealkylation sites (N-methyl/N-ethyl adjacent to an activating group) is 1. The molecule has 0 aliphatic carbocycles. The minimum Gasteiger partial charge on any atom is -0.355 e. The first-order chi connectivity index (χ1) is 24.8. The highest BCUT2D eigenvalue weighted by Crippen LogP contribution is 2.11. The predicted octanol–water partition coefficient (Wildman–Crippen LogP) is 11.3. The molecule has 2 amide bonds. The maximum atomic E-state index is 12.5. The average Bonchev–Trinajstić information content (AvgIpc) is 3.10. The number of hydrogen-bond donors (Lipinski definition) is 2. The van der Waals surface area contributed by atoms with E-state index in [0.717, 1.165) is 56.3 Å². The molecule has 0 rings (SSSR count). The van der Waals surface area contributed by atoms with E-state index in [1.807, 2.05) is 0 Å². The van der Waals surface area contributed by atoms with E-state index in [9.17, 15) is 9.59 Å². The maximum Gasteiger partial charge on any atom is 0.220 e. The van der Waals surface area contributed by atoms with Crippen LogP contribution in [0, 0.1) is 0 Å². The number of allylic oxidation sites excluding steroid dienone is 4. The second kappa shape index (κ2) is 38.1.